The van der Waals surface area contributed by atoms with Crippen molar-refractivity contribution in [2.75, 3.05) is 0 Å². The fourth-order valence-corrected chi connectivity index (χ4v) is 2.03. The summed E-state index contributed by atoms with van der Waals surface area (Å²) in [6.07, 6.45) is 0. The molecule has 1 aromatic heterocycles. The summed E-state index contributed by atoms with van der Waals surface area (Å²) in [6.45, 7) is 1.50. The van der Waals surface area contributed by atoms with Gasteiger partial charge in [0.15, 0.2) is 0 Å². The van der Waals surface area contributed by atoms with Crippen molar-refractivity contribution in [3.63, 3.8) is 0 Å². The van der Waals surface area contributed by atoms with Crippen LogP contribution in [-0.2, 0) is 17.3 Å². The quantitative estimate of drug-likeness (QED) is 0.654. The highest BCUT2D eigenvalue weighted by atomic mass is 35.5. The zero-order valence-corrected chi connectivity index (χ0v) is 7.95. The van der Waals surface area contributed by atoms with Gasteiger partial charge < -0.3 is 0 Å². The van der Waals surface area contributed by atoms with Gasteiger partial charge in [-0.3, -0.25) is 4.68 Å². The Kier molecular flexibility index (Phi) is 2.13. The first-order valence-corrected chi connectivity index (χ1v) is 4.74. The summed E-state index contributed by atoms with van der Waals surface area (Å²) in [5.74, 6) is 0. The van der Waals surface area contributed by atoms with E-state index in [1.165, 1.54) is 14.0 Å². The van der Waals surface area contributed by atoms with E-state index in [1.54, 1.807) is 0 Å². The largest absolute Gasteiger partial charge is 0.350 e. The third-order valence-electron chi connectivity index (χ3n) is 1.33. The van der Waals surface area contributed by atoms with Gasteiger partial charge in [0.1, 0.15) is 5.02 Å². The number of halogens is 2. The molecule has 0 fully saturated rings. The van der Waals surface area contributed by atoms with E-state index >= 15 is 0 Å². The van der Waals surface area contributed by atoms with Crippen LogP contribution >= 0.6 is 11.6 Å². The van der Waals surface area contributed by atoms with E-state index in [-0.39, 0.29) is 10.7 Å². The Labute approximate surface area is 74.2 Å². The molecule has 7 heteroatoms. The first kappa shape index (κ1) is 9.47. The maximum absolute atomic E-state index is 12.5. The monoisotopic (exact) mass is 212 g/mol. The fourth-order valence-electron chi connectivity index (χ4n) is 0.876. The Bertz CT molecular complexity index is 411. The third kappa shape index (κ3) is 1.44. The van der Waals surface area contributed by atoms with Crippen molar-refractivity contribution in [1.82, 2.24) is 9.78 Å². The van der Waals surface area contributed by atoms with Crippen molar-refractivity contribution in [3.05, 3.63) is 10.7 Å². The average Bonchev–Trinajstić information content (AvgIpc) is 2.05. The molecule has 1 heterocycles. The maximum Gasteiger partial charge on any atom is 0.350 e. The average molecular weight is 213 g/mol. The predicted molar refractivity (Wildman–Crippen MR) is 41.2 cm³/mol. The first-order chi connectivity index (χ1) is 5.34. The van der Waals surface area contributed by atoms with Crippen LogP contribution in [0.5, 0.6) is 0 Å². The molecule has 0 amide bonds. The van der Waals surface area contributed by atoms with Crippen LogP contribution in [0.15, 0.2) is 5.03 Å². The summed E-state index contributed by atoms with van der Waals surface area (Å²) in [6, 6.07) is 0. The smallest absolute Gasteiger partial charge is 0.253 e. The van der Waals surface area contributed by atoms with Crippen molar-refractivity contribution in [2.45, 2.75) is 11.9 Å². The maximum atomic E-state index is 12.5. The molecule has 0 saturated heterocycles. The fraction of sp³-hybridized carbons (Fsp3) is 0.400. The van der Waals surface area contributed by atoms with Crippen LogP contribution in [0, 0.1) is 6.92 Å². The Balaban J connectivity index is 3.54. The van der Waals surface area contributed by atoms with E-state index in [2.05, 4.69) is 5.10 Å². The molecule has 4 nitrogen and oxygen atoms in total. The van der Waals surface area contributed by atoms with E-state index < -0.39 is 15.2 Å². The zero-order chi connectivity index (χ0) is 9.52. The van der Waals surface area contributed by atoms with Gasteiger partial charge in [0, 0.05) is 7.05 Å². The Hall–Kier alpha value is -0.620. The topological polar surface area (TPSA) is 52.0 Å². The molecule has 0 spiro atoms. The second-order valence-electron chi connectivity index (χ2n) is 2.27. The zero-order valence-electron chi connectivity index (χ0n) is 6.38. The molecular weight excluding hydrogens is 207 g/mol. The highest BCUT2D eigenvalue weighted by molar-refractivity contribution is 7.86. The number of hydrogen-bond acceptors (Lipinski definition) is 3. The van der Waals surface area contributed by atoms with Crippen LogP contribution in [-0.4, -0.2) is 18.2 Å². The summed E-state index contributed by atoms with van der Waals surface area (Å²) in [5, 5.41) is 2.88. The lowest BCUT2D eigenvalue weighted by molar-refractivity contribution is 0.534. The van der Waals surface area contributed by atoms with Gasteiger partial charge in [-0.05, 0) is 6.92 Å². The minimum absolute atomic E-state index is 0.167. The van der Waals surface area contributed by atoms with Crippen molar-refractivity contribution in [1.29, 1.82) is 0 Å². The van der Waals surface area contributed by atoms with E-state index in [1.807, 2.05) is 0 Å². The summed E-state index contributed by atoms with van der Waals surface area (Å²) in [7, 11) is -3.46. The minimum atomic E-state index is -4.77. The summed E-state index contributed by atoms with van der Waals surface area (Å²) >= 11 is 5.50. The van der Waals surface area contributed by atoms with Crippen LogP contribution in [0.1, 0.15) is 5.69 Å². The lowest BCUT2D eigenvalue weighted by Gasteiger charge is -1.94. The molecule has 0 bridgehead atoms. The van der Waals surface area contributed by atoms with Crippen LogP contribution in [0.2, 0.25) is 5.02 Å². The Morgan fingerprint density at radius 3 is 2.25 bits per heavy atom. The number of aromatic nitrogens is 2. The summed E-state index contributed by atoms with van der Waals surface area (Å²) < 4.78 is 34.3. The molecule has 0 aliphatic heterocycles. The molecule has 0 aliphatic carbocycles. The Morgan fingerprint density at radius 2 is 2.08 bits per heavy atom. The van der Waals surface area contributed by atoms with Crippen molar-refractivity contribution in [3.8, 4) is 0 Å². The van der Waals surface area contributed by atoms with Crippen LogP contribution in [0.25, 0.3) is 0 Å². The molecule has 0 atom stereocenters. The summed E-state index contributed by atoms with van der Waals surface area (Å²) in [4.78, 5) is 0. The van der Waals surface area contributed by atoms with E-state index in [0.29, 0.717) is 0 Å². The lowest BCUT2D eigenvalue weighted by atomic mass is 10.5. The minimum Gasteiger partial charge on any atom is -0.253 e. The van der Waals surface area contributed by atoms with Gasteiger partial charge in [-0.1, -0.05) is 15.5 Å². The number of aryl methyl sites for hydroxylation is 2. The number of rotatable bonds is 1. The molecule has 0 unspecified atom stereocenters. The molecule has 1 aromatic rings. The molecule has 0 N–H and O–H groups in total. The second kappa shape index (κ2) is 2.70. The van der Waals surface area contributed by atoms with Crippen LogP contribution in [0.3, 0.4) is 0 Å². The van der Waals surface area contributed by atoms with E-state index in [9.17, 15) is 12.3 Å². The summed E-state index contributed by atoms with van der Waals surface area (Å²) in [5.41, 5.74) is 0.287. The van der Waals surface area contributed by atoms with Gasteiger partial charge in [0.05, 0.1) is 5.69 Å². The molecule has 1 rings (SSSR count). The van der Waals surface area contributed by atoms with Gasteiger partial charge >= 0.3 is 10.2 Å². The number of hydrogen-bond donors (Lipinski definition) is 0. The highest BCUT2D eigenvalue weighted by Gasteiger charge is 2.23. The Morgan fingerprint density at radius 1 is 1.58 bits per heavy atom. The van der Waals surface area contributed by atoms with Gasteiger partial charge in [-0.15, -0.1) is 0 Å². The third-order valence-corrected chi connectivity index (χ3v) is 2.83. The lowest BCUT2D eigenvalue weighted by Crippen LogP contribution is -2.02. The molecular formula is C5H6ClFN2O2S. The standard InChI is InChI=1S/C5H6ClFN2O2S/c1-3-4(6)5(9(2)8-3)12(7,10)11/h1-2H3. The molecule has 68 valence electrons. The first-order valence-electron chi connectivity index (χ1n) is 2.98. The normalized spacial score (nSPS) is 12.0. The molecule has 0 aromatic carbocycles. The van der Waals surface area contributed by atoms with Crippen LogP contribution < -0.4 is 0 Å². The van der Waals surface area contributed by atoms with Crippen molar-refractivity contribution >= 4 is 21.8 Å². The van der Waals surface area contributed by atoms with E-state index in [4.69, 9.17) is 11.6 Å². The molecule has 0 radical (unpaired) electrons. The van der Waals surface area contributed by atoms with Gasteiger partial charge in [-0.25, -0.2) is 0 Å². The molecule has 0 saturated carbocycles. The van der Waals surface area contributed by atoms with Gasteiger partial charge in [0.25, 0.3) is 0 Å². The van der Waals surface area contributed by atoms with Crippen LogP contribution in [0.4, 0.5) is 3.89 Å². The van der Waals surface area contributed by atoms with Gasteiger partial charge in [-0.2, -0.15) is 13.5 Å². The van der Waals surface area contributed by atoms with Gasteiger partial charge in [0.2, 0.25) is 5.03 Å². The van der Waals surface area contributed by atoms with Crippen molar-refractivity contribution in [2.24, 2.45) is 7.05 Å². The number of nitrogens with zero attached hydrogens (tertiary/aromatic N) is 2. The molecule has 0 aliphatic rings. The molecule has 12 heavy (non-hydrogen) atoms. The van der Waals surface area contributed by atoms with Crippen molar-refractivity contribution < 1.29 is 12.3 Å². The second-order valence-corrected chi connectivity index (χ2v) is 3.91. The highest BCUT2D eigenvalue weighted by Crippen LogP contribution is 2.25. The SMILES string of the molecule is Cc1nn(C)c(S(=O)(=O)F)c1Cl. The predicted octanol–water partition coefficient (Wildman–Crippen LogP) is 1.04. The van der Waals surface area contributed by atoms with E-state index in [0.717, 1.165) is 4.68 Å².